The number of aryl methyl sites for hydroxylation is 1. The lowest BCUT2D eigenvalue weighted by Crippen LogP contribution is -2.40. The highest BCUT2D eigenvalue weighted by Crippen LogP contribution is 2.32. The topological polar surface area (TPSA) is 114 Å². The van der Waals surface area contributed by atoms with Gasteiger partial charge in [-0.05, 0) is 37.5 Å². The second kappa shape index (κ2) is 13.4. The molecule has 0 amide bonds. The Hall–Kier alpha value is -2.39. The average molecular weight is 547 g/mol. The maximum atomic E-state index is 10.6. The zero-order valence-electron chi connectivity index (χ0n) is 20.2. The van der Waals surface area contributed by atoms with Crippen LogP contribution in [0.2, 0.25) is 0 Å². The molecule has 1 saturated heterocycles. The molecule has 2 fully saturated rings. The summed E-state index contributed by atoms with van der Waals surface area (Å²) in [6, 6.07) is 0. The van der Waals surface area contributed by atoms with Crippen molar-refractivity contribution in [2.75, 3.05) is 39.5 Å². The molecule has 1 aromatic rings. The summed E-state index contributed by atoms with van der Waals surface area (Å²) in [6.45, 7) is 6.93. The number of aromatic nitrogens is 2. The van der Waals surface area contributed by atoms with Gasteiger partial charge in [-0.1, -0.05) is 0 Å². The molecular formula is C22H31F6N3O6. The van der Waals surface area contributed by atoms with E-state index in [0.29, 0.717) is 5.92 Å². The Labute approximate surface area is 209 Å². The number of imidazole rings is 1. The third-order valence-corrected chi connectivity index (χ3v) is 6.01. The smallest absolute Gasteiger partial charge is 0.475 e. The summed E-state index contributed by atoms with van der Waals surface area (Å²) >= 11 is 0. The Kier molecular flexibility index (Phi) is 11.2. The number of aliphatic carboxylic acids is 2. The monoisotopic (exact) mass is 547 g/mol. The summed E-state index contributed by atoms with van der Waals surface area (Å²) in [4.78, 5) is 25.0. The highest BCUT2D eigenvalue weighted by Gasteiger charge is 2.39. The van der Waals surface area contributed by atoms with Gasteiger partial charge in [0.1, 0.15) is 0 Å². The van der Waals surface area contributed by atoms with Crippen LogP contribution in [0.1, 0.15) is 43.0 Å². The van der Waals surface area contributed by atoms with Gasteiger partial charge in [-0.25, -0.2) is 14.6 Å². The van der Waals surface area contributed by atoms with E-state index in [0.717, 1.165) is 51.4 Å². The molecule has 1 aromatic heterocycles. The zero-order chi connectivity index (χ0) is 27.8. The number of rotatable bonds is 6. The van der Waals surface area contributed by atoms with Gasteiger partial charge < -0.3 is 24.3 Å². The van der Waals surface area contributed by atoms with Crippen molar-refractivity contribution in [1.82, 2.24) is 14.5 Å². The van der Waals surface area contributed by atoms with Crippen LogP contribution in [-0.2, 0) is 32.7 Å². The standard InChI is InChI=1S/C18H29N3O2.2C2HF3O2/c1-20-13-19-17-10-21(8-14-4-6-22-7-5-14)9-16(18(17)20)12-23-11-15-2-3-15;2*3-2(4,5)1(6)7/h13-16H,2-12H2,1H3;2*(H,6,7). The molecule has 3 heterocycles. The minimum absolute atomic E-state index is 0.463. The van der Waals surface area contributed by atoms with Crippen LogP contribution in [0.4, 0.5) is 26.3 Å². The Bertz CT molecular complexity index is 857. The lowest BCUT2D eigenvalue weighted by Gasteiger charge is -2.35. The molecule has 0 aromatic carbocycles. The Morgan fingerprint density at radius 2 is 1.54 bits per heavy atom. The maximum absolute atomic E-state index is 10.6. The average Bonchev–Trinajstić information content (AvgIpc) is 3.55. The number of carboxylic acids is 2. The molecule has 2 aliphatic heterocycles. The highest BCUT2D eigenvalue weighted by atomic mass is 19.4. The second-order valence-electron chi connectivity index (χ2n) is 9.22. The van der Waals surface area contributed by atoms with E-state index in [4.69, 9.17) is 29.3 Å². The van der Waals surface area contributed by atoms with Crippen LogP contribution >= 0.6 is 0 Å². The number of ether oxygens (including phenoxy) is 2. The zero-order valence-corrected chi connectivity index (χ0v) is 20.2. The Morgan fingerprint density at radius 3 is 2.03 bits per heavy atom. The van der Waals surface area contributed by atoms with Crippen LogP contribution in [0.5, 0.6) is 0 Å². The summed E-state index contributed by atoms with van der Waals surface area (Å²) in [7, 11) is 2.12. The van der Waals surface area contributed by atoms with E-state index in [9.17, 15) is 26.3 Å². The van der Waals surface area contributed by atoms with E-state index in [1.165, 1.54) is 43.6 Å². The van der Waals surface area contributed by atoms with Gasteiger partial charge in [0.05, 0.1) is 18.6 Å². The SMILES string of the molecule is Cn1cnc2c1C(COCC1CC1)CN(CC1CCOCC1)C2.O=C(O)C(F)(F)F.O=C(O)C(F)(F)F. The molecule has 1 aliphatic carbocycles. The molecule has 3 aliphatic rings. The van der Waals surface area contributed by atoms with E-state index >= 15 is 0 Å². The lowest BCUT2D eigenvalue weighted by atomic mass is 9.95. The van der Waals surface area contributed by atoms with Crippen LogP contribution in [0, 0.1) is 11.8 Å². The second-order valence-corrected chi connectivity index (χ2v) is 9.22. The first kappa shape index (κ1) is 30.8. The maximum Gasteiger partial charge on any atom is 0.490 e. The van der Waals surface area contributed by atoms with Crippen molar-refractivity contribution < 1.29 is 55.6 Å². The molecule has 0 bridgehead atoms. The number of carboxylic acid groups (broad SMARTS) is 2. The van der Waals surface area contributed by atoms with Gasteiger partial charge in [-0.3, -0.25) is 4.90 Å². The van der Waals surface area contributed by atoms with Crippen molar-refractivity contribution in [3.8, 4) is 0 Å². The number of hydrogen-bond donors (Lipinski definition) is 2. The fraction of sp³-hybridized carbons (Fsp3) is 0.773. The van der Waals surface area contributed by atoms with Gasteiger partial charge in [0.15, 0.2) is 0 Å². The summed E-state index contributed by atoms with van der Waals surface area (Å²) in [5, 5.41) is 14.2. The molecule has 212 valence electrons. The van der Waals surface area contributed by atoms with E-state index in [1.54, 1.807) is 0 Å². The number of halogens is 6. The van der Waals surface area contributed by atoms with Crippen molar-refractivity contribution in [2.24, 2.45) is 18.9 Å². The molecule has 4 rings (SSSR count). The molecule has 1 saturated carbocycles. The van der Waals surface area contributed by atoms with Crippen LogP contribution in [0.15, 0.2) is 6.33 Å². The van der Waals surface area contributed by atoms with Crippen LogP contribution in [-0.4, -0.2) is 88.5 Å². The molecule has 15 heteroatoms. The van der Waals surface area contributed by atoms with Crippen molar-refractivity contribution in [1.29, 1.82) is 0 Å². The number of fused-ring (bicyclic) bond motifs is 1. The number of hydrogen-bond acceptors (Lipinski definition) is 6. The lowest BCUT2D eigenvalue weighted by molar-refractivity contribution is -0.193. The fourth-order valence-electron chi connectivity index (χ4n) is 4.03. The minimum Gasteiger partial charge on any atom is -0.475 e. The Morgan fingerprint density at radius 1 is 1.00 bits per heavy atom. The van der Waals surface area contributed by atoms with Gasteiger partial charge in [-0.2, -0.15) is 26.3 Å². The normalized spacial score (nSPS) is 20.7. The first-order valence-corrected chi connectivity index (χ1v) is 11.7. The molecule has 2 N–H and O–H groups in total. The Balaban J connectivity index is 0.000000286. The first-order valence-electron chi connectivity index (χ1n) is 11.7. The molecule has 0 spiro atoms. The fourth-order valence-corrected chi connectivity index (χ4v) is 4.03. The van der Waals surface area contributed by atoms with E-state index < -0.39 is 24.3 Å². The summed E-state index contributed by atoms with van der Waals surface area (Å²) in [5.74, 6) is -3.44. The van der Waals surface area contributed by atoms with E-state index in [-0.39, 0.29) is 0 Å². The largest absolute Gasteiger partial charge is 0.490 e. The molecule has 37 heavy (non-hydrogen) atoms. The van der Waals surface area contributed by atoms with Gasteiger partial charge in [-0.15, -0.1) is 0 Å². The van der Waals surface area contributed by atoms with Crippen LogP contribution < -0.4 is 0 Å². The summed E-state index contributed by atoms with van der Waals surface area (Å²) in [5.41, 5.74) is 2.65. The van der Waals surface area contributed by atoms with Gasteiger partial charge in [0.25, 0.3) is 0 Å². The van der Waals surface area contributed by atoms with E-state index in [2.05, 4.69) is 21.5 Å². The van der Waals surface area contributed by atoms with Crippen molar-refractivity contribution in [3.63, 3.8) is 0 Å². The van der Waals surface area contributed by atoms with E-state index in [1.807, 2.05) is 6.33 Å². The third-order valence-electron chi connectivity index (χ3n) is 6.01. The number of carbonyl (C=O) groups is 2. The van der Waals surface area contributed by atoms with Crippen molar-refractivity contribution >= 4 is 11.9 Å². The number of alkyl halides is 6. The molecule has 1 unspecified atom stereocenters. The summed E-state index contributed by atoms with van der Waals surface area (Å²) < 4.78 is 77.2. The third kappa shape index (κ3) is 10.9. The molecule has 1 atom stereocenters. The van der Waals surface area contributed by atoms with Crippen molar-refractivity contribution in [3.05, 3.63) is 17.7 Å². The highest BCUT2D eigenvalue weighted by molar-refractivity contribution is 5.73. The predicted molar refractivity (Wildman–Crippen MR) is 116 cm³/mol. The number of nitrogens with zero attached hydrogens (tertiary/aromatic N) is 3. The summed E-state index contributed by atoms with van der Waals surface area (Å²) in [6.07, 6.45) is -3.08. The first-order chi connectivity index (χ1) is 17.2. The predicted octanol–water partition coefficient (Wildman–Crippen LogP) is 3.44. The molecule has 9 nitrogen and oxygen atoms in total. The molecule has 0 radical (unpaired) electrons. The van der Waals surface area contributed by atoms with Gasteiger partial charge in [0, 0.05) is 58.1 Å². The van der Waals surface area contributed by atoms with Crippen molar-refractivity contribution in [2.45, 2.75) is 50.5 Å². The van der Waals surface area contributed by atoms with Crippen LogP contribution in [0.25, 0.3) is 0 Å². The molecular weight excluding hydrogens is 516 g/mol. The quantitative estimate of drug-likeness (QED) is 0.521. The van der Waals surface area contributed by atoms with Gasteiger partial charge in [0.2, 0.25) is 0 Å². The van der Waals surface area contributed by atoms with Gasteiger partial charge >= 0.3 is 24.3 Å². The van der Waals surface area contributed by atoms with Crippen LogP contribution in [0.3, 0.4) is 0 Å². The minimum atomic E-state index is -5.08.